The molecule has 4 aromatic rings. The van der Waals surface area contributed by atoms with Crippen LogP contribution in [0.15, 0.2) is 104 Å². The molecule has 164 valence electrons. The summed E-state index contributed by atoms with van der Waals surface area (Å²) in [6.45, 7) is 0.400. The highest BCUT2D eigenvalue weighted by molar-refractivity contribution is 6.31. The molecule has 0 aliphatic carbocycles. The van der Waals surface area contributed by atoms with Crippen molar-refractivity contribution in [1.29, 1.82) is 0 Å². The summed E-state index contributed by atoms with van der Waals surface area (Å²) in [6.07, 6.45) is 7.13. The van der Waals surface area contributed by atoms with Crippen LogP contribution in [0.2, 0.25) is 10.0 Å². The average molecular weight is 474 g/mol. The molecule has 33 heavy (non-hydrogen) atoms. The van der Waals surface area contributed by atoms with Crippen LogP contribution < -0.4 is 4.90 Å². The predicted octanol–water partition coefficient (Wildman–Crippen LogP) is 7.01. The molecule has 2 heterocycles. The van der Waals surface area contributed by atoms with Gasteiger partial charge in [-0.15, -0.1) is 0 Å². The molecule has 0 spiro atoms. The minimum atomic E-state index is -0.736. The summed E-state index contributed by atoms with van der Waals surface area (Å²) >= 11 is 12.3. The van der Waals surface area contributed by atoms with Crippen molar-refractivity contribution in [2.45, 2.75) is 6.10 Å². The van der Waals surface area contributed by atoms with E-state index in [1.54, 1.807) is 0 Å². The quantitative estimate of drug-likeness (QED) is 0.338. The number of aliphatic hydroxyl groups is 1. The van der Waals surface area contributed by atoms with E-state index in [0.29, 0.717) is 16.6 Å². The van der Waals surface area contributed by atoms with E-state index in [9.17, 15) is 5.11 Å². The Labute approximate surface area is 202 Å². The van der Waals surface area contributed by atoms with Crippen molar-refractivity contribution in [2.24, 2.45) is 0 Å². The van der Waals surface area contributed by atoms with Crippen LogP contribution >= 0.6 is 23.2 Å². The lowest BCUT2D eigenvalue weighted by atomic mass is 10.00. The van der Waals surface area contributed by atoms with Gasteiger partial charge in [0, 0.05) is 51.5 Å². The van der Waals surface area contributed by atoms with Gasteiger partial charge < -0.3 is 14.9 Å². The van der Waals surface area contributed by atoms with Gasteiger partial charge in [-0.3, -0.25) is 0 Å². The van der Waals surface area contributed by atoms with Gasteiger partial charge in [-0.2, -0.15) is 0 Å². The van der Waals surface area contributed by atoms with Crippen molar-refractivity contribution >= 4 is 39.8 Å². The van der Waals surface area contributed by atoms with E-state index in [1.165, 1.54) is 0 Å². The highest BCUT2D eigenvalue weighted by Crippen LogP contribution is 2.31. The molecule has 0 bridgehead atoms. The third-order valence-corrected chi connectivity index (χ3v) is 6.07. The topological polar surface area (TPSA) is 39.6 Å². The summed E-state index contributed by atoms with van der Waals surface area (Å²) in [6, 6.07) is 25.1. The van der Waals surface area contributed by atoms with Gasteiger partial charge in [0.05, 0.1) is 23.9 Å². The maximum atomic E-state index is 11.2. The molecule has 0 radical (unpaired) electrons. The van der Waals surface area contributed by atoms with Crippen molar-refractivity contribution in [3.05, 3.63) is 119 Å². The Bertz CT molecular complexity index is 1320. The van der Waals surface area contributed by atoms with Gasteiger partial charge >= 0.3 is 0 Å². The molecule has 6 heteroatoms. The Kier molecular flexibility index (Phi) is 6.05. The number of aromatic nitrogens is 1. The van der Waals surface area contributed by atoms with Crippen molar-refractivity contribution < 1.29 is 5.11 Å². The lowest BCUT2D eigenvalue weighted by Crippen LogP contribution is -2.24. The molecule has 4 nitrogen and oxygen atoms in total. The zero-order valence-electron chi connectivity index (χ0n) is 17.6. The maximum Gasteiger partial charge on any atom is 0.0976 e. The molecule has 5 rings (SSSR count). The molecule has 0 amide bonds. The van der Waals surface area contributed by atoms with E-state index in [4.69, 9.17) is 28.2 Å². The van der Waals surface area contributed by atoms with Crippen molar-refractivity contribution in [3.63, 3.8) is 0 Å². The first kappa shape index (κ1) is 21.5. The van der Waals surface area contributed by atoms with E-state index >= 15 is 0 Å². The maximum absolute atomic E-state index is 11.2. The molecular formula is C27H21Cl2N3O. The number of pyridine rings is 1. The summed E-state index contributed by atoms with van der Waals surface area (Å²) in [5, 5.41) is 13.4. The van der Waals surface area contributed by atoms with Crippen LogP contribution in [-0.4, -0.2) is 21.5 Å². The van der Waals surface area contributed by atoms with Crippen molar-refractivity contribution in [3.8, 4) is 11.3 Å². The van der Waals surface area contributed by atoms with Gasteiger partial charge in [-0.05, 0) is 48.0 Å². The normalized spacial score (nSPS) is 14.2. The van der Waals surface area contributed by atoms with E-state index in [2.05, 4.69) is 0 Å². The lowest BCUT2D eigenvalue weighted by Gasteiger charge is -2.27. The lowest BCUT2D eigenvalue weighted by molar-refractivity contribution is 0.152. The summed E-state index contributed by atoms with van der Waals surface area (Å²) in [4.78, 5) is 8.78. The number of nitrogens with zero attached hydrogens (tertiary/aromatic N) is 3. The van der Waals surface area contributed by atoms with Crippen LogP contribution in [0.1, 0.15) is 11.7 Å². The number of hydrogen-bond donors (Lipinski definition) is 1. The first-order chi connectivity index (χ1) is 16.1. The minimum absolute atomic E-state index is 0.400. The Balaban J connectivity index is 1.44. The van der Waals surface area contributed by atoms with Gasteiger partial charge in [-0.25, -0.2) is 4.98 Å². The Hall–Kier alpha value is -3.31. The van der Waals surface area contributed by atoms with Crippen LogP contribution in [0.25, 0.3) is 22.2 Å². The van der Waals surface area contributed by atoms with Gasteiger partial charge in [-0.1, -0.05) is 59.6 Å². The number of halogens is 2. The van der Waals surface area contributed by atoms with Crippen molar-refractivity contribution in [2.75, 3.05) is 11.4 Å². The number of fused-ring (bicyclic) bond motifs is 1. The number of hydrogen-bond acceptors (Lipinski definition) is 4. The van der Waals surface area contributed by atoms with Crippen LogP contribution in [0.4, 0.5) is 5.69 Å². The van der Waals surface area contributed by atoms with E-state index in [0.717, 1.165) is 33.4 Å². The minimum Gasteiger partial charge on any atom is -0.387 e. The second kappa shape index (κ2) is 9.28. The first-order valence-corrected chi connectivity index (χ1v) is 11.3. The molecule has 0 saturated carbocycles. The number of β-amino-alcohol motifs (C(OH)–C–C–N with tert-alkyl or cyclic N) is 1. The van der Waals surface area contributed by atoms with Gasteiger partial charge in [0.2, 0.25) is 0 Å². The standard InChI is InChI=1S/C27H21Cl2N3O/c28-20-8-6-19(7-9-20)25-17-24(23-11-10-21(29)16-26(23)30-25)27(33)18-31-12-14-32(15-13-31)22-4-2-1-3-5-22/h1-17,27,33H,18H2. The SMILES string of the molecule is OC(CN1C=CN(c2ccccc2)C=C1)c1cc(-c2ccc(Cl)cc2)nc2cc(Cl)ccc12. The summed E-state index contributed by atoms with van der Waals surface area (Å²) in [5.74, 6) is 0. The highest BCUT2D eigenvalue weighted by atomic mass is 35.5. The highest BCUT2D eigenvalue weighted by Gasteiger charge is 2.18. The number of para-hydroxylation sites is 1. The molecule has 1 atom stereocenters. The van der Waals surface area contributed by atoms with Crippen molar-refractivity contribution in [1.82, 2.24) is 9.88 Å². The Morgan fingerprint density at radius 2 is 1.48 bits per heavy atom. The molecular weight excluding hydrogens is 453 g/mol. The Morgan fingerprint density at radius 3 is 2.21 bits per heavy atom. The molecule has 1 aromatic heterocycles. The Morgan fingerprint density at radius 1 is 0.788 bits per heavy atom. The second-order valence-electron chi connectivity index (χ2n) is 7.82. The third kappa shape index (κ3) is 4.74. The zero-order valence-corrected chi connectivity index (χ0v) is 19.2. The van der Waals surface area contributed by atoms with E-state index in [1.807, 2.05) is 113 Å². The molecule has 3 aromatic carbocycles. The number of aliphatic hydroxyl groups excluding tert-OH is 1. The molecule has 0 fully saturated rings. The fraction of sp³-hybridized carbons (Fsp3) is 0.0741. The average Bonchev–Trinajstić information content (AvgIpc) is 2.84. The number of rotatable bonds is 5. The van der Waals surface area contributed by atoms with Gasteiger partial charge in [0.15, 0.2) is 0 Å². The molecule has 1 N–H and O–H groups in total. The van der Waals surface area contributed by atoms with Crippen LogP contribution in [0.3, 0.4) is 0 Å². The fourth-order valence-corrected chi connectivity index (χ4v) is 4.17. The number of anilines is 1. The largest absolute Gasteiger partial charge is 0.387 e. The predicted molar refractivity (Wildman–Crippen MR) is 136 cm³/mol. The van der Waals surface area contributed by atoms with Crippen LogP contribution in [-0.2, 0) is 0 Å². The monoisotopic (exact) mass is 473 g/mol. The third-order valence-electron chi connectivity index (χ3n) is 5.58. The fourth-order valence-electron chi connectivity index (χ4n) is 3.88. The molecule has 1 unspecified atom stereocenters. The summed E-state index contributed by atoms with van der Waals surface area (Å²) < 4.78 is 0. The van der Waals surface area contributed by atoms with Gasteiger partial charge in [0.25, 0.3) is 0 Å². The number of benzene rings is 3. The molecule has 0 saturated heterocycles. The molecule has 1 aliphatic rings. The van der Waals surface area contributed by atoms with Crippen LogP contribution in [0.5, 0.6) is 0 Å². The van der Waals surface area contributed by atoms with E-state index < -0.39 is 6.10 Å². The second-order valence-corrected chi connectivity index (χ2v) is 8.69. The van der Waals surface area contributed by atoms with E-state index in [-0.39, 0.29) is 0 Å². The van der Waals surface area contributed by atoms with Gasteiger partial charge in [0.1, 0.15) is 0 Å². The first-order valence-electron chi connectivity index (χ1n) is 10.6. The summed E-state index contributed by atoms with van der Waals surface area (Å²) in [7, 11) is 0. The smallest absolute Gasteiger partial charge is 0.0976 e. The molecule has 1 aliphatic heterocycles. The van der Waals surface area contributed by atoms with Crippen LogP contribution in [0, 0.1) is 0 Å². The summed E-state index contributed by atoms with van der Waals surface area (Å²) in [5.41, 5.74) is 4.30. The zero-order chi connectivity index (χ0) is 22.8.